The molecule has 9 heteroatoms. The molecule has 0 aliphatic carbocycles. The molecule has 2 aromatic carbocycles. The molecule has 0 saturated carbocycles. The Balaban J connectivity index is 1.38. The summed E-state index contributed by atoms with van der Waals surface area (Å²) in [6.45, 7) is 3.90. The van der Waals surface area contributed by atoms with Crippen LogP contribution in [-0.2, 0) is 21.4 Å². The lowest BCUT2D eigenvalue weighted by Crippen LogP contribution is -2.24. The van der Waals surface area contributed by atoms with Crippen LogP contribution >= 0.6 is 11.8 Å². The predicted octanol–water partition coefficient (Wildman–Crippen LogP) is 4.73. The fourth-order valence-corrected chi connectivity index (χ4v) is 5.15. The number of sulfonamides is 1. The molecule has 2 aromatic heterocycles. The highest BCUT2D eigenvalue weighted by atomic mass is 32.2. The lowest BCUT2D eigenvalue weighted by Gasteiger charge is -2.13. The summed E-state index contributed by atoms with van der Waals surface area (Å²) in [6, 6.07) is 19.3. The molecule has 7 nitrogen and oxygen atoms in total. The number of anilines is 1. The Bertz CT molecular complexity index is 1370. The summed E-state index contributed by atoms with van der Waals surface area (Å²) in [5, 5.41) is 4.30. The summed E-state index contributed by atoms with van der Waals surface area (Å²) < 4.78 is 32.5. The van der Waals surface area contributed by atoms with Gasteiger partial charge < -0.3 is 9.73 Å². The van der Waals surface area contributed by atoms with Crippen molar-refractivity contribution < 1.29 is 17.6 Å². The second-order valence-electron chi connectivity index (χ2n) is 7.47. The third kappa shape index (κ3) is 5.62. The van der Waals surface area contributed by atoms with Gasteiger partial charge in [0.15, 0.2) is 0 Å². The van der Waals surface area contributed by atoms with Gasteiger partial charge in [0.05, 0.1) is 33.5 Å². The molecule has 0 spiro atoms. The summed E-state index contributed by atoms with van der Waals surface area (Å²) in [7, 11) is -3.70. The number of thioether (sulfide) groups is 1. The maximum atomic E-state index is 12.7. The molecule has 0 saturated heterocycles. The number of carbonyl (C=O) groups is 1. The van der Waals surface area contributed by atoms with Gasteiger partial charge in [0.2, 0.25) is 15.9 Å². The van der Waals surface area contributed by atoms with Gasteiger partial charge in [-0.3, -0.25) is 4.79 Å². The molecule has 4 aromatic rings. The maximum Gasteiger partial charge on any atom is 0.240 e. The summed E-state index contributed by atoms with van der Waals surface area (Å²) in [4.78, 5) is 17.4. The number of benzene rings is 2. The van der Waals surface area contributed by atoms with E-state index < -0.39 is 15.3 Å². The van der Waals surface area contributed by atoms with Crippen molar-refractivity contribution in [2.75, 3.05) is 5.32 Å². The Hall–Kier alpha value is -3.14. The van der Waals surface area contributed by atoms with Crippen molar-refractivity contribution in [1.82, 2.24) is 9.71 Å². The zero-order valence-corrected chi connectivity index (χ0v) is 19.7. The van der Waals surface area contributed by atoms with E-state index >= 15 is 0 Å². The van der Waals surface area contributed by atoms with Crippen molar-refractivity contribution in [2.45, 2.75) is 35.6 Å². The van der Waals surface area contributed by atoms with Crippen molar-refractivity contribution in [3.63, 3.8) is 0 Å². The van der Waals surface area contributed by atoms with E-state index in [2.05, 4.69) is 15.0 Å². The first-order valence-corrected chi connectivity index (χ1v) is 12.6. The molecule has 0 fully saturated rings. The molecule has 1 amide bonds. The van der Waals surface area contributed by atoms with Gasteiger partial charge in [-0.2, -0.15) is 0 Å². The van der Waals surface area contributed by atoms with Crippen LogP contribution in [0.15, 0.2) is 87.3 Å². The van der Waals surface area contributed by atoms with Crippen LogP contribution in [0.1, 0.15) is 18.2 Å². The molecule has 2 heterocycles. The second-order valence-corrected chi connectivity index (χ2v) is 10.6. The first-order chi connectivity index (χ1) is 15.8. The second kappa shape index (κ2) is 9.78. The van der Waals surface area contributed by atoms with Gasteiger partial charge in [0.25, 0.3) is 0 Å². The number of furan rings is 1. The lowest BCUT2D eigenvalue weighted by atomic mass is 10.1. The number of amides is 1. The number of para-hydroxylation sites is 1. The first kappa shape index (κ1) is 23.0. The third-order valence-corrected chi connectivity index (χ3v) is 7.45. The SMILES string of the molecule is Cc1cc(SC(C)C(=O)Nc2ccc(S(=O)(=O)NCc3ccco3)cc2)nc2ccccc12. The first-order valence-electron chi connectivity index (χ1n) is 10.3. The zero-order valence-electron chi connectivity index (χ0n) is 18.1. The summed E-state index contributed by atoms with van der Waals surface area (Å²) in [6.07, 6.45) is 1.48. The highest BCUT2D eigenvalue weighted by molar-refractivity contribution is 8.00. The van der Waals surface area contributed by atoms with Gasteiger partial charge in [-0.15, -0.1) is 0 Å². The number of carbonyl (C=O) groups excluding carboxylic acids is 1. The largest absolute Gasteiger partial charge is 0.468 e. The van der Waals surface area contributed by atoms with Crippen molar-refractivity contribution >= 4 is 44.3 Å². The quantitative estimate of drug-likeness (QED) is 0.353. The Labute approximate surface area is 196 Å². The van der Waals surface area contributed by atoms with Crippen molar-refractivity contribution in [3.8, 4) is 0 Å². The van der Waals surface area contributed by atoms with Crippen LogP contribution in [0.5, 0.6) is 0 Å². The average molecular weight is 482 g/mol. The molecule has 2 N–H and O–H groups in total. The number of nitrogens with one attached hydrogen (secondary N) is 2. The number of pyridine rings is 1. The van der Waals surface area contributed by atoms with E-state index in [0.717, 1.165) is 21.5 Å². The lowest BCUT2D eigenvalue weighted by molar-refractivity contribution is -0.115. The Kier molecular flexibility index (Phi) is 6.83. The van der Waals surface area contributed by atoms with Gasteiger partial charge >= 0.3 is 0 Å². The molecule has 0 bridgehead atoms. The van der Waals surface area contributed by atoms with Crippen molar-refractivity contribution in [1.29, 1.82) is 0 Å². The summed E-state index contributed by atoms with van der Waals surface area (Å²) >= 11 is 1.37. The molecule has 1 unspecified atom stereocenters. The number of rotatable bonds is 8. The van der Waals surface area contributed by atoms with Crippen LogP contribution in [0.2, 0.25) is 0 Å². The van der Waals surface area contributed by atoms with Crippen molar-refractivity contribution in [3.05, 3.63) is 84.3 Å². The molecular weight excluding hydrogens is 458 g/mol. The number of aryl methyl sites for hydroxylation is 1. The number of fused-ring (bicyclic) bond motifs is 1. The highest BCUT2D eigenvalue weighted by Gasteiger charge is 2.18. The molecule has 33 heavy (non-hydrogen) atoms. The Morgan fingerprint density at radius 3 is 2.58 bits per heavy atom. The van der Waals surface area contributed by atoms with Crippen LogP contribution in [0.3, 0.4) is 0 Å². The number of hydrogen-bond donors (Lipinski definition) is 2. The van der Waals surface area contributed by atoms with Gasteiger partial charge in [-0.25, -0.2) is 18.1 Å². The highest BCUT2D eigenvalue weighted by Crippen LogP contribution is 2.27. The van der Waals surface area contributed by atoms with Gasteiger partial charge in [-0.1, -0.05) is 30.0 Å². The molecular formula is C24H23N3O4S2. The minimum atomic E-state index is -3.70. The normalized spacial score (nSPS) is 12.5. The monoisotopic (exact) mass is 481 g/mol. The molecule has 0 aliphatic heterocycles. The average Bonchev–Trinajstić information content (AvgIpc) is 3.32. The number of aromatic nitrogens is 1. The Morgan fingerprint density at radius 1 is 1.09 bits per heavy atom. The molecule has 1 atom stereocenters. The Morgan fingerprint density at radius 2 is 1.85 bits per heavy atom. The smallest absolute Gasteiger partial charge is 0.240 e. The van der Waals surface area contributed by atoms with E-state index in [4.69, 9.17) is 4.42 Å². The van der Waals surface area contributed by atoms with E-state index in [0.29, 0.717) is 11.4 Å². The fourth-order valence-electron chi connectivity index (χ4n) is 3.24. The molecule has 170 valence electrons. The van der Waals surface area contributed by atoms with Crippen LogP contribution in [-0.4, -0.2) is 24.6 Å². The van der Waals surface area contributed by atoms with E-state index in [9.17, 15) is 13.2 Å². The van der Waals surface area contributed by atoms with E-state index in [1.165, 1.54) is 30.2 Å². The predicted molar refractivity (Wildman–Crippen MR) is 130 cm³/mol. The van der Waals surface area contributed by atoms with Gasteiger partial charge in [0, 0.05) is 11.1 Å². The molecule has 0 aliphatic rings. The van der Waals surface area contributed by atoms with E-state index in [-0.39, 0.29) is 17.3 Å². The van der Waals surface area contributed by atoms with E-state index in [1.807, 2.05) is 44.2 Å². The van der Waals surface area contributed by atoms with Crippen LogP contribution < -0.4 is 10.0 Å². The standard InChI is InChI=1S/C24H23N3O4S2/c1-16-14-23(27-22-8-4-3-7-21(16)22)32-17(2)24(28)26-18-9-11-20(12-10-18)33(29,30)25-15-19-6-5-13-31-19/h3-14,17,25H,15H2,1-2H3,(H,26,28). The van der Waals surface area contributed by atoms with E-state index in [1.54, 1.807) is 24.3 Å². The van der Waals surface area contributed by atoms with Gasteiger partial charge in [-0.05, 0) is 67.9 Å². The minimum Gasteiger partial charge on any atom is -0.468 e. The molecule has 0 radical (unpaired) electrons. The van der Waals surface area contributed by atoms with Crippen LogP contribution in [0.4, 0.5) is 5.69 Å². The maximum absolute atomic E-state index is 12.7. The fraction of sp³-hybridized carbons (Fsp3) is 0.167. The summed E-state index contributed by atoms with van der Waals surface area (Å²) in [5.74, 6) is 0.323. The third-order valence-electron chi connectivity index (χ3n) is 5.01. The van der Waals surface area contributed by atoms with Crippen LogP contribution in [0.25, 0.3) is 10.9 Å². The summed E-state index contributed by atoms with van der Waals surface area (Å²) in [5.41, 5.74) is 2.51. The number of nitrogens with zero attached hydrogens (tertiary/aromatic N) is 1. The minimum absolute atomic E-state index is 0.0604. The van der Waals surface area contributed by atoms with Crippen molar-refractivity contribution in [2.24, 2.45) is 0 Å². The topological polar surface area (TPSA) is 101 Å². The zero-order chi connectivity index (χ0) is 23.4. The van der Waals surface area contributed by atoms with Crippen LogP contribution in [0, 0.1) is 6.92 Å². The molecule has 4 rings (SSSR count). The number of hydrogen-bond acceptors (Lipinski definition) is 6. The van der Waals surface area contributed by atoms with Gasteiger partial charge in [0.1, 0.15) is 5.76 Å².